The summed E-state index contributed by atoms with van der Waals surface area (Å²) in [5.74, 6) is 0. The molecule has 2 aromatic carbocycles. The quantitative estimate of drug-likeness (QED) is 0.467. The second kappa shape index (κ2) is 9.33. The lowest BCUT2D eigenvalue weighted by Gasteiger charge is -2.11. The Morgan fingerprint density at radius 1 is 1.04 bits per heavy atom. The summed E-state index contributed by atoms with van der Waals surface area (Å²) in [4.78, 5) is 17.3. The van der Waals surface area contributed by atoms with Gasteiger partial charge in [0.2, 0.25) is 0 Å². The number of benzene rings is 2. The lowest BCUT2D eigenvalue weighted by atomic mass is 10.3. The lowest BCUT2D eigenvalue weighted by molar-refractivity contribution is 0.154. The Hall–Kier alpha value is -1.92. The smallest absolute Gasteiger partial charge is 0.411 e. The summed E-state index contributed by atoms with van der Waals surface area (Å²) in [5.41, 5.74) is 1.22. The summed E-state index contributed by atoms with van der Waals surface area (Å²) < 4.78 is 5.30. The van der Waals surface area contributed by atoms with Gasteiger partial charge in [0.1, 0.15) is 11.6 Å². The highest BCUT2D eigenvalue weighted by Gasteiger charge is 2.11. The van der Waals surface area contributed by atoms with Gasteiger partial charge in [0.25, 0.3) is 0 Å². The molecule has 0 saturated heterocycles. The van der Waals surface area contributed by atoms with Gasteiger partial charge in [0, 0.05) is 32.4 Å². The molecule has 0 atom stereocenters. The predicted octanol–water partition coefficient (Wildman–Crippen LogP) is 6.94. The minimum atomic E-state index is -0.620. The SMILES string of the molecule is O=C(Nc1cc(Cl)cc(Cl)c1)OCc1cccnc1Sc1ccccc1Cl. The molecule has 0 aliphatic rings. The highest BCUT2D eigenvalue weighted by molar-refractivity contribution is 7.99. The first kappa shape index (κ1) is 19.8. The number of nitrogens with zero attached hydrogens (tertiary/aromatic N) is 1. The molecule has 4 nitrogen and oxygen atoms in total. The molecule has 0 spiro atoms. The molecule has 8 heteroatoms. The van der Waals surface area contributed by atoms with Crippen molar-refractivity contribution in [3.05, 3.63) is 81.4 Å². The standard InChI is InChI=1S/C19H13Cl3N2O2S/c20-13-8-14(21)10-15(9-13)24-19(25)26-11-12-4-3-7-23-18(12)27-17-6-2-1-5-16(17)22/h1-10H,11H2,(H,24,25). The number of halogens is 3. The summed E-state index contributed by atoms with van der Waals surface area (Å²) >= 11 is 19.5. The average molecular weight is 440 g/mol. The second-order valence-electron chi connectivity index (χ2n) is 5.36. The number of carbonyl (C=O) groups excluding carboxylic acids is 1. The molecule has 1 heterocycles. The Morgan fingerprint density at radius 2 is 1.78 bits per heavy atom. The zero-order chi connectivity index (χ0) is 19.2. The number of ether oxygens (including phenoxy) is 1. The van der Waals surface area contributed by atoms with Gasteiger partial charge >= 0.3 is 6.09 Å². The molecular weight excluding hydrogens is 427 g/mol. The van der Waals surface area contributed by atoms with Crippen LogP contribution >= 0.6 is 46.6 Å². The number of anilines is 1. The van der Waals surface area contributed by atoms with E-state index < -0.39 is 6.09 Å². The molecule has 1 N–H and O–H groups in total. The fourth-order valence-corrected chi connectivity index (χ4v) is 3.85. The largest absolute Gasteiger partial charge is 0.444 e. The predicted molar refractivity (Wildman–Crippen MR) is 110 cm³/mol. The molecule has 3 rings (SSSR count). The summed E-state index contributed by atoms with van der Waals surface area (Å²) in [5, 5.41) is 4.78. The van der Waals surface area contributed by atoms with E-state index in [1.165, 1.54) is 11.8 Å². The van der Waals surface area contributed by atoms with E-state index in [1.807, 2.05) is 30.3 Å². The number of hydrogen-bond acceptors (Lipinski definition) is 4. The van der Waals surface area contributed by atoms with Crippen LogP contribution in [0, 0.1) is 0 Å². The zero-order valence-electron chi connectivity index (χ0n) is 13.8. The molecule has 0 saturated carbocycles. The molecule has 0 aliphatic carbocycles. The van der Waals surface area contributed by atoms with Gasteiger partial charge in [0.05, 0.1) is 5.02 Å². The van der Waals surface area contributed by atoms with E-state index in [4.69, 9.17) is 39.5 Å². The monoisotopic (exact) mass is 438 g/mol. The van der Waals surface area contributed by atoms with Gasteiger partial charge in [-0.05, 0) is 36.4 Å². The fourth-order valence-electron chi connectivity index (χ4n) is 2.18. The summed E-state index contributed by atoms with van der Waals surface area (Å²) in [7, 11) is 0. The summed E-state index contributed by atoms with van der Waals surface area (Å²) in [6.45, 7) is 0.0563. The Kier molecular flexibility index (Phi) is 6.85. The Bertz CT molecular complexity index is 949. The van der Waals surface area contributed by atoms with Crippen molar-refractivity contribution in [1.82, 2.24) is 4.98 Å². The maximum absolute atomic E-state index is 12.1. The van der Waals surface area contributed by atoms with Crippen LogP contribution in [0.1, 0.15) is 5.56 Å². The highest BCUT2D eigenvalue weighted by atomic mass is 35.5. The van der Waals surface area contributed by atoms with E-state index in [-0.39, 0.29) is 6.61 Å². The van der Waals surface area contributed by atoms with Crippen molar-refractivity contribution >= 4 is 58.3 Å². The van der Waals surface area contributed by atoms with E-state index >= 15 is 0 Å². The normalized spacial score (nSPS) is 10.5. The molecule has 0 bridgehead atoms. The third kappa shape index (κ3) is 5.78. The van der Waals surface area contributed by atoms with Gasteiger partial charge in [0.15, 0.2) is 0 Å². The average Bonchev–Trinajstić information content (AvgIpc) is 2.62. The summed E-state index contributed by atoms with van der Waals surface area (Å²) in [6, 6.07) is 15.8. The molecule has 1 amide bonds. The van der Waals surface area contributed by atoms with Crippen molar-refractivity contribution in [2.75, 3.05) is 5.32 Å². The van der Waals surface area contributed by atoms with Crippen molar-refractivity contribution < 1.29 is 9.53 Å². The number of pyridine rings is 1. The van der Waals surface area contributed by atoms with Crippen LogP contribution in [0.2, 0.25) is 15.1 Å². The minimum Gasteiger partial charge on any atom is -0.444 e. The van der Waals surface area contributed by atoms with E-state index in [2.05, 4.69) is 10.3 Å². The first-order valence-corrected chi connectivity index (χ1v) is 9.72. The van der Waals surface area contributed by atoms with Crippen molar-refractivity contribution in [2.24, 2.45) is 0 Å². The first-order valence-electron chi connectivity index (χ1n) is 7.77. The number of rotatable bonds is 5. The third-order valence-electron chi connectivity index (χ3n) is 3.36. The maximum atomic E-state index is 12.1. The van der Waals surface area contributed by atoms with E-state index in [0.717, 1.165) is 10.5 Å². The number of carbonyl (C=O) groups is 1. The molecule has 3 aromatic rings. The van der Waals surface area contributed by atoms with Gasteiger partial charge in [-0.3, -0.25) is 5.32 Å². The lowest BCUT2D eigenvalue weighted by Crippen LogP contribution is -2.14. The van der Waals surface area contributed by atoms with Crippen LogP contribution in [0.5, 0.6) is 0 Å². The van der Waals surface area contributed by atoms with Crippen LogP contribution in [0.4, 0.5) is 10.5 Å². The van der Waals surface area contributed by atoms with Crippen molar-refractivity contribution in [3.8, 4) is 0 Å². The molecule has 0 aliphatic heterocycles. The Balaban J connectivity index is 1.66. The van der Waals surface area contributed by atoms with Gasteiger partial charge < -0.3 is 4.74 Å². The molecule has 0 unspecified atom stereocenters. The molecule has 27 heavy (non-hydrogen) atoms. The molecular formula is C19H13Cl3N2O2S. The van der Waals surface area contributed by atoms with Crippen LogP contribution in [0.25, 0.3) is 0 Å². The number of amides is 1. The zero-order valence-corrected chi connectivity index (χ0v) is 16.9. The topological polar surface area (TPSA) is 51.2 Å². The van der Waals surface area contributed by atoms with Crippen LogP contribution in [-0.2, 0) is 11.3 Å². The molecule has 138 valence electrons. The van der Waals surface area contributed by atoms with Crippen molar-refractivity contribution in [3.63, 3.8) is 0 Å². The number of hydrogen-bond donors (Lipinski definition) is 1. The minimum absolute atomic E-state index is 0.0563. The van der Waals surface area contributed by atoms with Crippen molar-refractivity contribution in [2.45, 2.75) is 16.5 Å². The van der Waals surface area contributed by atoms with E-state index in [0.29, 0.717) is 25.8 Å². The van der Waals surface area contributed by atoms with Gasteiger partial charge in [-0.25, -0.2) is 9.78 Å². The first-order chi connectivity index (χ1) is 13.0. The third-order valence-corrected chi connectivity index (χ3v) is 5.38. The maximum Gasteiger partial charge on any atom is 0.411 e. The Labute approximate surface area is 175 Å². The van der Waals surface area contributed by atoms with E-state index in [9.17, 15) is 4.79 Å². The molecule has 0 fully saturated rings. The number of nitrogens with one attached hydrogen (secondary N) is 1. The summed E-state index contributed by atoms with van der Waals surface area (Å²) in [6.07, 6.45) is 1.06. The van der Waals surface area contributed by atoms with Crippen molar-refractivity contribution in [1.29, 1.82) is 0 Å². The van der Waals surface area contributed by atoms with Crippen LogP contribution < -0.4 is 5.32 Å². The van der Waals surface area contributed by atoms with Crippen LogP contribution in [0.3, 0.4) is 0 Å². The van der Waals surface area contributed by atoms with Gasteiger partial charge in [-0.15, -0.1) is 0 Å². The fraction of sp³-hybridized carbons (Fsp3) is 0.0526. The molecule has 0 radical (unpaired) electrons. The van der Waals surface area contributed by atoms with Gasteiger partial charge in [-0.2, -0.15) is 0 Å². The van der Waals surface area contributed by atoms with Crippen LogP contribution in [-0.4, -0.2) is 11.1 Å². The number of aromatic nitrogens is 1. The Morgan fingerprint density at radius 3 is 2.52 bits per heavy atom. The van der Waals surface area contributed by atoms with Gasteiger partial charge in [-0.1, -0.05) is 64.8 Å². The van der Waals surface area contributed by atoms with Crippen LogP contribution in [0.15, 0.2) is 70.7 Å². The highest BCUT2D eigenvalue weighted by Crippen LogP contribution is 2.33. The molecule has 1 aromatic heterocycles. The second-order valence-corrected chi connectivity index (χ2v) is 7.67. The van der Waals surface area contributed by atoms with E-state index in [1.54, 1.807) is 30.5 Å².